The number of nitrogens with one attached hydrogen (secondary N) is 1. The topological polar surface area (TPSA) is 21.3 Å². The number of benzene rings is 1. The summed E-state index contributed by atoms with van der Waals surface area (Å²) in [5, 5.41) is 3.70. The first-order valence-electron chi connectivity index (χ1n) is 6.79. The molecule has 0 radical (unpaired) electrons. The fourth-order valence-electron chi connectivity index (χ4n) is 3.19. The van der Waals surface area contributed by atoms with Gasteiger partial charge in [0.15, 0.2) is 0 Å². The maximum Gasteiger partial charge on any atom is 0.119 e. The van der Waals surface area contributed by atoms with E-state index in [0.717, 1.165) is 5.75 Å². The van der Waals surface area contributed by atoms with Crippen molar-refractivity contribution in [1.29, 1.82) is 0 Å². The highest BCUT2D eigenvalue weighted by Crippen LogP contribution is 2.28. The molecule has 92 valence electrons. The third-order valence-corrected chi connectivity index (χ3v) is 3.96. The molecule has 2 heteroatoms. The number of fused-ring (bicyclic) bond motifs is 2. The number of hydrogen-bond acceptors (Lipinski definition) is 2. The molecule has 0 aromatic heterocycles. The molecule has 2 aliphatic rings. The molecule has 2 saturated heterocycles. The van der Waals surface area contributed by atoms with Gasteiger partial charge in [0.2, 0.25) is 0 Å². The van der Waals surface area contributed by atoms with E-state index in [0.29, 0.717) is 18.2 Å². The van der Waals surface area contributed by atoms with Crippen LogP contribution in [-0.4, -0.2) is 18.2 Å². The average Bonchev–Trinajstić information content (AvgIpc) is 2.28. The van der Waals surface area contributed by atoms with E-state index < -0.39 is 0 Å². The molecule has 2 nitrogen and oxygen atoms in total. The Balaban J connectivity index is 1.65. The molecule has 3 atom stereocenters. The van der Waals surface area contributed by atoms with Gasteiger partial charge in [0, 0.05) is 12.1 Å². The second-order valence-electron chi connectivity index (χ2n) is 5.52. The minimum absolute atomic E-state index is 0.411. The summed E-state index contributed by atoms with van der Waals surface area (Å²) in [5.41, 5.74) is 1.27. The fraction of sp³-hybridized carbons (Fsp3) is 0.600. The van der Waals surface area contributed by atoms with E-state index in [2.05, 4.69) is 36.5 Å². The molecule has 0 spiro atoms. The Morgan fingerprint density at radius 3 is 2.65 bits per heavy atom. The zero-order chi connectivity index (χ0) is 11.7. The zero-order valence-electron chi connectivity index (χ0n) is 10.5. The number of ether oxygens (including phenoxy) is 1. The molecule has 3 rings (SSSR count). The molecule has 0 saturated carbocycles. The second kappa shape index (κ2) is 4.69. The predicted octanol–water partition coefficient (Wildman–Crippen LogP) is 3.05. The van der Waals surface area contributed by atoms with Gasteiger partial charge < -0.3 is 10.1 Å². The van der Waals surface area contributed by atoms with Crippen LogP contribution >= 0.6 is 0 Å². The molecule has 0 amide bonds. The SMILES string of the molecule is Cc1cccc(OC2C[C@H]3CCC[C@@H](C2)N3)c1. The Labute approximate surface area is 103 Å². The summed E-state index contributed by atoms with van der Waals surface area (Å²) in [7, 11) is 0. The van der Waals surface area contributed by atoms with E-state index in [9.17, 15) is 0 Å². The first kappa shape index (κ1) is 11.1. The van der Waals surface area contributed by atoms with E-state index in [1.165, 1.54) is 37.7 Å². The third kappa shape index (κ3) is 2.63. The van der Waals surface area contributed by atoms with Crippen molar-refractivity contribution in [1.82, 2.24) is 5.32 Å². The molecule has 2 bridgehead atoms. The Hall–Kier alpha value is -1.02. The van der Waals surface area contributed by atoms with Crippen molar-refractivity contribution in [3.05, 3.63) is 29.8 Å². The van der Waals surface area contributed by atoms with Crippen molar-refractivity contribution in [2.24, 2.45) is 0 Å². The van der Waals surface area contributed by atoms with E-state index in [1.807, 2.05) is 0 Å². The highest BCUT2D eigenvalue weighted by Gasteiger charge is 2.32. The first-order chi connectivity index (χ1) is 8.29. The molecule has 0 aliphatic carbocycles. The molecule has 1 aromatic carbocycles. The van der Waals surface area contributed by atoms with Crippen molar-refractivity contribution < 1.29 is 4.74 Å². The van der Waals surface area contributed by atoms with E-state index in [4.69, 9.17) is 4.74 Å². The van der Waals surface area contributed by atoms with E-state index in [1.54, 1.807) is 0 Å². The van der Waals surface area contributed by atoms with Gasteiger partial charge in [-0.1, -0.05) is 18.6 Å². The Kier molecular flexibility index (Phi) is 3.06. The molecule has 17 heavy (non-hydrogen) atoms. The molecule has 2 heterocycles. The Morgan fingerprint density at radius 2 is 1.94 bits per heavy atom. The summed E-state index contributed by atoms with van der Waals surface area (Å²) in [4.78, 5) is 0. The maximum absolute atomic E-state index is 6.13. The summed E-state index contributed by atoms with van der Waals surface area (Å²) >= 11 is 0. The Bertz CT molecular complexity index is 378. The van der Waals surface area contributed by atoms with Crippen LogP contribution in [0.15, 0.2) is 24.3 Å². The molecule has 2 fully saturated rings. The van der Waals surface area contributed by atoms with Crippen LogP contribution < -0.4 is 10.1 Å². The summed E-state index contributed by atoms with van der Waals surface area (Å²) in [6.45, 7) is 2.12. The third-order valence-electron chi connectivity index (χ3n) is 3.96. The zero-order valence-corrected chi connectivity index (χ0v) is 10.5. The average molecular weight is 231 g/mol. The lowest BCUT2D eigenvalue weighted by Crippen LogP contribution is -2.51. The summed E-state index contributed by atoms with van der Waals surface area (Å²) < 4.78 is 6.13. The van der Waals surface area contributed by atoms with Gasteiger partial charge >= 0.3 is 0 Å². The van der Waals surface area contributed by atoms with E-state index >= 15 is 0 Å². The lowest BCUT2D eigenvalue weighted by molar-refractivity contribution is 0.0927. The quantitative estimate of drug-likeness (QED) is 0.844. The van der Waals surface area contributed by atoms with Gasteiger partial charge in [-0.25, -0.2) is 0 Å². The van der Waals surface area contributed by atoms with Gasteiger partial charge in [0.1, 0.15) is 11.9 Å². The van der Waals surface area contributed by atoms with Crippen molar-refractivity contribution in [2.75, 3.05) is 0 Å². The van der Waals surface area contributed by atoms with Gasteiger partial charge in [0.25, 0.3) is 0 Å². The molecule has 1 N–H and O–H groups in total. The van der Waals surface area contributed by atoms with Crippen LogP contribution in [0.5, 0.6) is 5.75 Å². The molecule has 1 aromatic rings. The summed E-state index contributed by atoms with van der Waals surface area (Å²) in [6.07, 6.45) is 6.79. The first-order valence-corrected chi connectivity index (χ1v) is 6.79. The van der Waals surface area contributed by atoms with Crippen LogP contribution in [0, 0.1) is 6.92 Å². The highest BCUT2D eigenvalue weighted by molar-refractivity contribution is 5.27. The van der Waals surface area contributed by atoms with Crippen LogP contribution in [-0.2, 0) is 0 Å². The normalized spacial score (nSPS) is 32.2. The molecule has 2 aliphatic heterocycles. The highest BCUT2D eigenvalue weighted by atomic mass is 16.5. The van der Waals surface area contributed by atoms with Crippen molar-refractivity contribution in [3.63, 3.8) is 0 Å². The number of piperidine rings is 2. The second-order valence-corrected chi connectivity index (χ2v) is 5.52. The monoisotopic (exact) mass is 231 g/mol. The van der Waals surface area contributed by atoms with Crippen LogP contribution in [0.4, 0.5) is 0 Å². The lowest BCUT2D eigenvalue weighted by atomic mass is 9.85. The van der Waals surface area contributed by atoms with Crippen LogP contribution in [0.2, 0.25) is 0 Å². The van der Waals surface area contributed by atoms with Gasteiger partial charge in [-0.3, -0.25) is 0 Å². The largest absolute Gasteiger partial charge is 0.490 e. The summed E-state index contributed by atoms with van der Waals surface area (Å²) in [6, 6.07) is 9.79. The lowest BCUT2D eigenvalue weighted by Gasteiger charge is -2.40. The van der Waals surface area contributed by atoms with Gasteiger partial charge in [-0.15, -0.1) is 0 Å². The van der Waals surface area contributed by atoms with Crippen LogP contribution in [0.3, 0.4) is 0 Å². The van der Waals surface area contributed by atoms with Crippen LogP contribution in [0.25, 0.3) is 0 Å². The van der Waals surface area contributed by atoms with Gasteiger partial charge in [0.05, 0.1) is 0 Å². The fourth-order valence-corrected chi connectivity index (χ4v) is 3.19. The number of aryl methyl sites for hydroxylation is 1. The minimum atomic E-state index is 0.411. The molecular formula is C15H21NO. The van der Waals surface area contributed by atoms with Crippen LogP contribution in [0.1, 0.15) is 37.7 Å². The summed E-state index contributed by atoms with van der Waals surface area (Å²) in [5.74, 6) is 1.04. The van der Waals surface area contributed by atoms with Crippen molar-refractivity contribution >= 4 is 0 Å². The Morgan fingerprint density at radius 1 is 1.18 bits per heavy atom. The molecular weight excluding hydrogens is 210 g/mol. The minimum Gasteiger partial charge on any atom is -0.490 e. The molecule has 1 unspecified atom stereocenters. The number of rotatable bonds is 2. The van der Waals surface area contributed by atoms with Crippen molar-refractivity contribution in [2.45, 2.75) is 57.2 Å². The smallest absolute Gasteiger partial charge is 0.119 e. The maximum atomic E-state index is 6.13. The van der Waals surface area contributed by atoms with E-state index in [-0.39, 0.29) is 0 Å². The van der Waals surface area contributed by atoms with Gasteiger partial charge in [-0.2, -0.15) is 0 Å². The van der Waals surface area contributed by atoms with Gasteiger partial charge in [-0.05, 0) is 50.3 Å². The number of hydrogen-bond donors (Lipinski definition) is 1. The van der Waals surface area contributed by atoms with Crippen molar-refractivity contribution in [3.8, 4) is 5.75 Å². The predicted molar refractivity (Wildman–Crippen MR) is 69.4 cm³/mol. The standard InChI is InChI=1S/C15H21NO/c1-11-4-2-7-14(8-11)17-15-9-12-5-3-6-13(10-15)16-12/h2,4,7-8,12-13,15-16H,3,5-6,9-10H2,1H3/t12-,13+,15?.